The standard InChI is InChI=1S/C23H15BrN2O6/c1-12-10-13(22(29)30)2-8-17(12)19-9-7-16(32-19)11-18-20(27)25-23(31)26(21(18)28)15-5-3-14(24)4-6-15/h2-11H,1H3,(H,29,30)(H,25,27,31)/p-1/b18-11+. The molecule has 1 N–H and O–H groups in total. The molecule has 3 aromatic rings. The highest BCUT2D eigenvalue weighted by Gasteiger charge is 2.37. The van der Waals surface area contributed by atoms with Crippen LogP contribution >= 0.6 is 15.9 Å². The molecule has 0 spiro atoms. The Balaban J connectivity index is 1.66. The fourth-order valence-corrected chi connectivity index (χ4v) is 3.53. The molecule has 1 aliphatic heterocycles. The number of amides is 4. The highest BCUT2D eigenvalue weighted by Crippen LogP contribution is 2.28. The SMILES string of the molecule is Cc1cc(C(=O)[O-])ccc1-c1ccc(/C=C2\C(=O)NC(=O)N(c3ccc(Br)cc3)C2=O)o1. The van der Waals surface area contributed by atoms with Crippen LogP contribution in [0.5, 0.6) is 0 Å². The van der Waals surface area contributed by atoms with E-state index in [1.165, 1.54) is 18.2 Å². The Morgan fingerprint density at radius 1 is 1.06 bits per heavy atom. The number of hydrogen-bond donors (Lipinski definition) is 1. The van der Waals surface area contributed by atoms with E-state index in [9.17, 15) is 24.3 Å². The molecule has 0 radical (unpaired) electrons. The Morgan fingerprint density at radius 3 is 2.44 bits per heavy atom. The summed E-state index contributed by atoms with van der Waals surface area (Å²) in [5.41, 5.74) is 1.38. The van der Waals surface area contributed by atoms with E-state index in [1.54, 1.807) is 49.4 Å². The van der Waals surface area contributed by atoms with Crippen molar-refractivity contribution in [3.05, 3.63) is 81.5 Å². The van der Waals surface area contributed by atoms with Gasteiger partial charge in [-0.05, 0) is 66.6 Å². The molecule has 1 aromatic heterocycles. The summed E-state index contributed by atoms with van der Waals surface area (Å²) in [7, 11) is 0. The normalized spacial score (nSPS) is 15.2. The number of carbonyl (C=O) groups excluding carboxylic acids is 4. The van der Waals surface area contributed by atoms with E-state index in [1.807, 2.05) is 0 Å². The van der Waals surface area contributed by atoms with Crippen LogP contribution in [-0.2, 0) is 9.59 Å². The molecule has 32 heavy (non-hydrogen) atoms. The molecule has 4 amide bonds. The van der Waals surface area contributed by atoms with Crippen LogP contribution in [0.4, 0.5) is 10.5 Å². The van der Waals surface area contributed by atoms with Crippen molar-refractivity contribution in [3.63, 3.8) is 0 Å². The zero-order valence-corrected chi connectivity index (χ0v) is 18.1. The molecule has 8 nitrogen and oxygen atoms in total. The first-order valence-electron chi connectivity index (χ1n) is 9.34. The summed E-state index contributed by atoms with van der Waals surface area (Å²) >= 11 is 3.29. The van der Waals surface area contributed by atoms with E-state index >= 15 is 0 Å². The Hall–Kier alpha value is -3.98. The molecule has 0 atom stereocenters. The number of barbiturate groups is 1. The Morgan fingerprint density at radius 2 is 1.78 bits per heavy atom. The fourth-order valence-electron chi connectivity index (χ4n) is 3.27. The molecule has 0 aliphatic carbocycles. The maximum absolute atomic E-state index is 12.9. The number of halogens is 1. The highest BCUT2D eigenvalue weighted by molar-refractivity contribution is 9.10. The summed E-state index contributed by atoms with van der Waals surface area (Å²) in [6, 6.07) is 13.3. The predicted octanol–water partition coefficient (Wildman–Crippen LogP) is 3.05. The van der Waals surface area contributed by atoms with E-state index in [0.717, 1.165) is 9.37 Å². The second kappa shape index (κ2) is 8.27. The number of urea groups is 1. The van der Waals surface area contributed by atoms with Crippen LogP contribution in [0.2, 0.25) is 0 Å². The number of carboxylic acids is 1. The average molecular weight is 494 g/mol. The van der Waals surface area contributed by atoms with Gasteiger partial charge in [0, 0.05) is 10.0 Å². The lowest BCUT2D eigenvalue weighted by atomic mass is 10.0. The third-order valence-corrected chi connectivity index (χ3v) is 5.36. The molecule has 1 aliphatic rings. The van der Waals surface area contributed by atoms with Crippen molar-refractivity contribution < 1.29 is 28.7 Å². The third kappa shape index (κ3) is 3.97. The fraction of sp³-hybridized carbons (Fsp3) is 0.0435. The Labute approximate surface area is 190 Å². The molecular formula is C23H14BrN2O6-. The maximum Gasteiger partial charge on any atom is 0.335 e. The predicted molar refractivity (Wildman–Crippen MR) is 116 cm³/mol. The summed E-state index contributed by atoms with van der Waals surface area (Å²) in [6.07, 6.45) is 1.25. The number of nitrogens with one attached hydrogen (secondary N) is 1. The summed E-state index contributed by atoms with van der Waals surface area (Å²) in [6.45, 7) is 1.72. The van der Waals surface area contributed by atoms with Gasteiger partial charge in [-0.3, -0.25) is 14.9 Å². The smallest absolute Gasteiger partial charge is 0.335 e. The number of carbonyl (C=O) groups is 4. The molecule has 0 saturated carbocycles. The van der Waals surface area contributed by atoms with Gasteiger partial charge in [0.2, 0.25) is 0 Å². The molecule has 1 saturated heterocycles. The van der Waals surface area contributed by atoms with Gasteiger partial charge < -0.3 is 14.3 Å². The molecule has 4 rings (SSSR count). The zero-order chi connectivity index (χ0) is 23.0. The minimum Gasteiger partial charge on any atom is -0.545 e. The molecule has 1 fully saturated rings. The number of aryl methyl sites for hydroxylation is 1. The number of imide groups is 2. The first-order valence-corrected chi connectivity index (χ1v) is 10.1. The van der Waals surface area contributed by atoms with Crippen molar-refractivity contribution in [2.24, 2.45) is 0 Å². The molecule has 160 valence electrons. The first-order chi connectivity index (χ1) is 15.2. The van der Waals surface area contributed by atoms with Gasteiger partial charge in [-0.15, -0.1) is 0 Å². The van der Waals surface area contributed by atoms with Gasteiger partial charge in [0.15, 0.2) is 0 Å². The van der Waals surface area contributed by atoms with Gasteiger partial charge in [-0.2, -0.15) is 0 Å². The summed E-state index contributed by atoms with van der Waals surface area (Å²) in [5, 5.41) is 13.2. The van der Waals surface area contributed by atoms with Crippen LogP contribution in [0.25, 0.3) is 17.4 Å². The summed E-state index contributed by atoms with van der Waals surface area (Å²) < 4.78 is 6.52. The van der Waals surface area contributed by atoms with Crippen LogP contribution in [0.15, 0.2) is 69.1 Å². The van der Waals surface area contributed by atoms with Crippen molar-refractivity contribution in [1.29, 1.82) is 0 Å². The van der Waals surface area contributed by atoms with Gasteiger partial charge >= 0.3 is 6.03 Å². The number of rotatable bonds is 4. The number of aromatic carboxylic acids is 1. The monoisotopic (exact) mass is 493 g/mol. The molecule has 0 unspecified atom stereocenters. The lowest BCUT2D eigenvalue weighted by molar-refractivity contribution is -0.255. The minimum absolute atomic E-state index is 0.0438. The number of furan rings is 1. The van der Waals surface area contributed by atoms with Gasteiger partial charge in [0.1, 0.15) is 17.1 Å². The maximum atomic E-state index is 12.9. The number of nitrogens with zero attached hydrogens (tertiary/aromatic N) is 1. The van der Waals surface area contributed by atoms with E-state index in [4.69, 9.17) is 4.42 Å². The molecule has 2 aromatic carbocycles. The van der Waals surface area contributed by atoms with Crippen LogP contribution in [0.3, 0.4) is 0 Å². The van der Waals surface area contributed by atoms with Crippen molar-refractivity contribution in [3.8, 4) is 11.3 Å². The van der Waals surface area contributed by atoms with Crippen LogP contribution in [0, 0.1) is 6.92 Å². The van der Waals surface area contributed by atoms with Crippen LogP contribution in [0.1, 0.15) is 21.7 Å². The second-order valence-electron chi connectivity index (χ2n) is 6.95. The Bertz CT molecular complexity index is 1310. The van der Waals surface area contributed by atoms with Crippen molar-refractivity contribution >= 4 is 51.5 Å². The number of hydrogen-bond acceptors (Lipinski definition) is 6. The van der Waals surface area contributed by atoms with Crippen LogP contribution in [-0.4, -0.2) is 23.8 Å². The van der Waals surface area contributed by atoms with E-state index < -0.39 is 23.8 Å². The topological polar surface area (TPSA) is 120 Å². The average Bonchev–Trinajstić information content (AvgIpc) is 3.20. The van der Waals surface area contributed by atoms with E-state index in [-0.39, 0.29) is 16.9 Å². The first kappa shape index (κ1) is 21.3. The molecular weight excluding hydrogens is 480 g/mol. The number of carboxylic acid groups (broad SMARTS) is 1. The highest BCUT2D eigenvalue weighted by atomic mass is 79.9. The second-order valence-corrected chi connectivity index (χ2v) is 7.87. The Kier molecular flexibility index (Phi) is 5.50. The number of anilines is 1. The quantitative estimate of drug-likeness (QED) is 0.440. The van der Waals surface area contributed by atoms with Crippen molar-refractivity contribution in [2.75, 3.05) is 4.90 Å². The van der Waals surface area contributed by atoms with E-state index in [0.29, 0.717) is 22.6 Å². The molecule has 2 heterocycles. The van der Waals surface area contributed by atoms with Crippen LogP contribution < -0.4 is 15.3 Å². The van der Waals surface area contributed by atoms with E-state index in [2.05, 4.69) is 21.2 Å². The minimum atomic E-state index is -1.28. The molecule has 9 heteroatoms. The zero-order valence-electron chi connectivity index (χ0n) is 16.5. The van der Waals surface area contributed by atoms with Crippen molar-refractivity contribution in [1.82, 2.24) is 5.32 Å². The largest absolute Gasteiger partial charge is 0.545 e. The lowest BCUT2D eigenvalue weighted by Gasteiger charge is -2.26. The summed E-state index contributed by atoms with van der Waals surface area (Å²) in [4.78, 5) is 49.4. The van der Waals surface area contributed by atoms with Gasteiger partial charge in [-0.25, -0.2) is 9.69 Å². The number of benzene rings is 2. The third-order valence-electron chi connectivity index (χ3n) is 4.83. The molecule has 0 bridgehead atoms. The van der Waals surface area contributed by atoms with Crippen molar-refractivity contribution in [2.45, 2.75) is 6.92 Å². The van der Waals surface area contributed by atoms with Gasteiger partial charge in [0.05, 0.1) is 11.7 Å². The van der Waals surface area contributed by atoms with Gasteiger partial charge in [0.25, 0.3) is 11.8 Å². The summed E-state index contributed by atoms with van der Waals surface area (Å²) in [5.74, 6) is -2.26. The van der Waals surface area contributed by atoms with Gasteiger partial charge in [-0.1, -0.05) is 28.1 Å². The lowest BCUT2D eigenvalue weighted by Crippen LogP contribution is -2.54.